The molecule has 2 radical (unpaired) electrons. The molecule has 5 aromatic rings. The predicted octanol–water partition coefficient (Wildman–Crippen LogP) is 7.52. The summed E-state index contributed by atoms with van der Waals surface area (Å²) in [7, 11) is 5.56. The highest BCUT2D eigenvalue weighted by atomic mass is 28.2. The third-order valence-electron chi connectivity index (χ3n) is 7.20. The van der Waals surface area contributed by atoms with E-state index in [1.165, 1.54) is 22.7 Å². The molecule has 0 unspecified atom stereocenters. The number of rotatable bonds is 9. The van der Waals surface area contributed by atoms with Crippen LogP contribution in [-0.2, 0) is 5.16 Å². The number of imidazole rings is 1. The molecule has 0 saturated carbocycles. The van der Waals surface area contributed by atoms with Crippen LogP contribution >= 0.6 is 0 Å². The Morgan fingerprint density at radius 2 is 1.26 bits per heavy atom. The largest absolute Gasteiger partial charge is 0.327 e. The van der Waals surface area contributed by atoms with E-state index in [0.717, 1.165) is 17.5 Å². The van der Waals surface area contributed by atoms with Crippen molar-refractivity contribution in [3.05, 3.63) is 174 Å². The lowest BCUT2D eigenvalue weighted by Gasteiger charge is -2.37. The molecule has 0 aliphatic rings. The molecule has 5 rings (SSSR count). The highest BCUT2D eigenvalue weighted by Gasteiger charge is 2.35. The number of aromatic nitrogens is 2. The Kier molecular flexibility index (Phi) is 10.3. The van der Waals surface area contributed by atoms with Crippen molar-refractivity contribution >= 4 is 17.4 Å². The Morgan fingerprint density at radius 3 is 1.67 bits per heavy atom. The maximum atomic E-state index is 6.12. The SMILES string of the molecule is CCC=C(C)C[SiH2]C(c1ccccc1)(c1ccccc1)n1ccnc1.[B]C(c1ccccc1)c1ccccc1. The summed E-state index contributed by atoms with van der Waals surface area (Å²) in [5.74, 6) is -0.0163. The molecule has 0 aliphatic heterocycles. The first kappa shape index (κ1) is 28.1. The predicted molar refractivity (Wildman–Crippen MR) is 169 cm³/mol. The van der Waals surface area contributed by atoms with Crippen molar-refractivity contribution in [2.24, 2.45) is 0 Å². The normalized spacial score (nSPS) is 11.9. The van der Waals surface area contributed by atoms with Gasteiger partial charge in [-0.2, -0.15) is 0 Å². The number of hydrogen-bond acceptors (Lipinski definition) is 1. The van der Waals surface area contributed by atoms with E-state index < -0.39 is 9.52 Å². The first-order valence-corrected chi connectivity index (χ1v) is 15.5. The highest BCUT2D eigenvalue weighted by Crippen LogP contribution is 2.34. The molecule has 0 saturated heterocycles. The Labute approximate surface area is 237 Å². The molecule has 0 bridgehead atoms. The van der Waals surface area contributed by atoms with Crippen molar-refractivity contribution in [2.45, 2.75) is 37.3 Å². The second-order valence-electron chi connectivity index (χ2n) is 9.82. The molecule has 39 heavy (non-hydrogen) atoms. The van der Waals surface area contributed by atoms with Crippen molar-refractivity contribution in [3.8, 4) is 0 Å². The summed E-state index contributed by atoms with van der Waals surface area (Å²) in [6.45, 7) is 4.48. The smallest absolute Gasteiger partial charge is 0.0953 e. The van der Waals surface area contributed by atoms with Crippen LogP contribution in [0.1, 0.15) is 48.3 Å². The van der Waals surface area contributed by atoms with Gasteiger partial charge < -0.3 is 4.57 Å². The fourth-order valence-corrected chi connectivity index (χ4v) is 7.59. The highest BCUT2D eigenvalue weighted by molar-refractivity contribution is 6.42. The van der Waals surface area contributed by atoms with Crippen LogP contribution < -0.4 is 0 Å². The van der Waals surface area contributed by atoms with E-state index >= 15 is 0 Å². The van der Waals surface area contributed by atoms with Gasteiger partial charge in [0.2, 0.25) is 0 Å². The monoisotopic (exact) mass is 524 g/mol. The Morgan fingerprint density at radius 1 is 0.795 bits per heavy atom. The first-order chi connectivity index (χ1) is 19.1. The Balaban J connectivity index is 0.000000212. The quantitative estimate of drug-likeness (QED) is 0.144. The zero-order valence-electron chi connectivity index (χ0n) is 23.0. The molecular weight excluding hydrogens is 487 g/mol. The Hall–Kier alpha value is -3.89. The summed E-state index contributed by atoms with van der Waals surface area (Å²) in [6, 6.07) is 43.3. The molecular formula is C35H37BN2Si. The average Bonchev–Trinajstić information content (AvgIpc) is 3.55. The summed E-state index contributed by atoms with van der Waals surface area (Å²) in [5.41, 5.74) is 6.52. The zero-order valence-corrected chi connectivity index (χ0v) is 24.4. The second-order valence-corrected chi connectivity index (χ2v) is 11.8. The molecule has 1 aromatic heterocycles. The van der Waals surface area contributed by atoms with Crippen LogP contribution in [0.4, 0.5) is 0 Å². The van der Waals surface area contributed by atoms with E-state index in [-0.39, 0.29) is 11.0 Å². The molecule has 0 N–H and O–H groups in total. The molecule has 0 fully saturated rings. The maximum absolute atomic E-state index is 6.12. The van der Waals surface area contributed by atoms with Gasteiger partial charge in [-0.25, -0.2) is 4.98 Å². The minimum absolute atomic E-state index is 0.0163. The molecule has 0 spiro atoms. The van der Waals surface area contributed by atoms with E-state index in [0.29, 0.717) is 0 Å². The number of allylic oxidation sites excluding steroid dienone is 2. The molecule has 4 aromatic carbocycles. The number of hydrogen-bond donors (Lipinski definition) is 0. The number of nitrogens with zero attached hydrogens (tertiary/aromatic N) is 2. The molecule has 0 atom stereocenters. The van der Waals surface area contributed by atoms with Crippen molar-refractivity contribution in [2.75, 3.05) is 0 Å². The van der Waals surface area contributed by atoms with Gasteiger partial charge in [-0.15, -0.1) is 0 Å². The zero-order chi connectivity index (χ0) is 27.3. The van der Waals surface area contributed by atoms with Gasteiger partial charge in [0.25, 0.3) is 0 Å². The fraction of sp³-hybridized carbons (Fsp3) is 0.171. The van der Waals surface area contributed by atoms with Crippen molar-refractivity contribution in [3.63, 3.8) is 0 Å². The average molecular weight is 525 g/mol. The lowest BCUT2D eigenvalue weighted by atomic mass is 9.76. The van der Waals surface area contributed by atoms with Crippen LogP contribution in [-0.4, -0.2) is 26.9 Å². The van der Waals surface area contributed by atoms with E-state index in [1.54, 1.807) is 0 Å². The van der Waals surface area contributed by atoms with Crippen LogP contribution in [0.15, 0.2) is 152 Å². The van der Waals surface area contributed by atoms with Crippen LogP contribution in [0.3, 0.4) is 0 Å². The maximum Gasteiger partial charge on any atom is 0.0953 e. The van der Waals surface area contributed by atoms with Gasteiger partial charge in [0, 0.05) is 12.4 Å². The van der Waals surface area contributed by atoms with Crippen LogP contribution in [0.2, 0.25) is 6.04 Å². The Bertz CT molecular complexity index is 1310. The van der Waals surface area contributed by atoms with E-state index in [1.807, 2.05) is 48.9 Å². The summed E-state index contributed by atoms with van der Waals surface area (Å²) >= 11 is 0. The van der Waals surface area contributed by atoms with Gasteiger partial charge in [0.1, 0.15) is 0 Å². The van der Waals surface area contributed by atoms with Crippen LogP contribution in [0.25, 0.3) is 0 Å². The van der Waals surface area contributed by atoms with Crippen LogP contribution in [0, 0.1) is 0 Å². The summed E-state index contributed by atoms with van der Waals surface area (Å²) < 4.78 is 2.32. The van der Waals surface area contributed by atoms with Gasteiger partial charge in [-0.05, 0) is 47.5 Å². The van der Waals surface area contributed by atoms with E-state index in [9.17, 15) is 0 Å². The molecule has 0 amide bonds. The second kappa shape index (κ2) is 14.3. The van der Waals surface area contributed by atoms with Gasteiger partial charge in [-0.3, -0.25) is 0 Å². The minimum atomic E-state index is -0.560. The van der Waals surface area contributed by atoms with Gasteiger partial charge in [0.15, 0.2) is 0 Å². The van der Waals surface area contributed by atoms with Crippen molar-refractivity contribution in [1.29, 1.82) is 0 Å². The van der Waals surface area contributed by atoms with Gasteiger partial charge >= 0.3 is 0 Å². The van der Waals surface area contributed by atoms with Crippen LogP contribution in [0.5, 0.6) is 0 Å². The summed E-state index contributed by atoms with van der Waals surface area (Å²) in [6.07, 6.45) is 9.46. The fourth-order valence-electron chi connectivity index (χ4n) is 5.14. The summed E-state index contributed by atoms with van der Waals surface area (Å²) in [4.78, 5) is 4.37. The lowest BCUT2D eigenvalue weighted by molar-refractivity contribution is 0.592. The lowest BCUT2D eigenvalue weighted by Crippen LogP contribution is -2.41. The first-order valence-electron chi connectivity index (χ1n) is 13.8. The molecule has 4 heteroatoms. The minimum Gasteiger partial charge on any atom is -0.327 e. The van der Waals surface area contributed by atoms with E-state index in [4.69, 9.17) is 7.85 Å². The van der Waals surface area contributed by atoms with Gasteiger partial charge in [-0.1, -0.05) is 140 Å². The molecule has 0 aliphatic carbocycles. The standard InChI is InChI=1S/C22H26N2Si.C13H11B/c1-3-10-19(2)17-25-22(24-16-15-23-18-24,20-11-6-4-7-12-20)21-13-8-5-9-14-21;14-13(11-7-3-1-4-8-11)12-9-5-2-6-10-12/h4-16,18H,3,17,25H2,1-2H3;1-10,13H. The topological polar surface area (TPSA) is 17.8 Å². The van der Waals surface area contributed by atoms with E-state index in [2.05, 4.69) is 121 Å². The molecule has 1 heterocycles. The number of benzene rings is 4. The van der Waals surface area contributed by atoms with Crippen molar-refractivity contribution < 1.29 is 0 Å². The third kappa shape index (κ3) is 7.16. The molecule has 2 nitrogen and oxygen atoms in total. The third-order valence-corrected chi connectivity index (χ3v) is 10.1. The summed E-state index contributed by atoms with van der Waals surface area (Å²) in [5, 5.41) is -0.109. The van der Waals surface area contributed by atoms with Gasteiger partial charge in [0.05, 0.1) is 28.9 Å². The van der Waals surface area contributed by atoms with Crippen molar-refractivity contribution in [1.82, 2.24) is 9.55 Å². The molecule has 194 valence electrons.